The van der Waals surface area contributed by atoms with Crippen molar-refractivity contribution in [2.75, 3.05) is 25.1 Å². The van der Waals surface area contributed by atoms with Gasteiger partial charge in [0, 0.05) is 40.5 Å². The van der Waals surface area contributed by atoms with Crippen molar-refractivity contribution in [3.63, 3.8) is 0 Å². The molecule has 0 bridgehead atoms. The Balaban J connectivity index is 1.71. The minimum Gasteiger partial charge on any atom is -0.497 e. The molecule has 0 saturated heterocycles. The quantitative estimate of drug-likeness (QED) is 0.0567. The first kappa shape index (κ1) is 33.1. The van der Waals surface area contributed by atoms with Crippen LogP contribution in [0.4, 0.5) is 11.4 Å². The molecule has 0 aliphatic heterocycles. The first-order chi connectivity index (χ1) is 22.3. The predicted molar refractivity (Wildman–Crippen MR) is 177 cm³/mol. The molecule has 0 fully saturated rings. The molecule has 0 aliphatic rings. The third-order valence-electron chi connectivity index (χ3n) is 6.91. The maximum atomic E-state index is 13.5. The number of ketones is 1. The monoisotopic (exact) mass is 631 g/mol. The molecule has 0 heterocycles. The number of hydrogen-bond acceptors (Lipinski definition) is 8. The second kappa shape index (κ2) is 16.3. The fraction of sp³-hybridized carbons (Fsp3) is 0.171. The van der Waals surface area contributed by atoms with Gasteiger partial charge >= 0.3 is 0 Å². The predicted octanol–water partition coefficient (Wildman–Crippen LogP) is 7.40. The molecule has 230 valence electrons. The zero-order valence-corrected chi connectivity index (χ0v) is 26.0. The average Bonchev–Trinajstić information content (AvgIpc) is 3.08. The number of hydrazone groups is 1. The van der Waals surface area contributed by atoms with Gasteiger partial charge in [0.2, 0.25) is 5.84 Å². The van der Waals surface area contributed by atoms with E-state index < -0.39 is 5.91 Å². The summed E-state index contributed by atoms with van der Waals surface area (Å²) < 4.78 is 5.21. The molecule has 0 saturated carbocycles. The van der Waals surface area contributed by atoms with Gasteiger partial charge in [-0.2, -0.15) is 10.5 Å². The van der Waals surface area contributed by atoms with Crippen molar-refractivity contribution in [3.05, 3.63) is 124 Å². The van der Waals surface area contributed by atoms with E-state index in [1.165, 1.54) is 12.1 Å². The van der Waals surface area contributed by atoms with Crippen molar-refractivity contribution in [3.8, 4) is 17.9 Å². The topological polar surface area (TPSA) is 143 Å². The van der Waals surface area contributed by atoms with Gasteiger partial charge < -0.3 is 9.64 Å². The summed E-state index contributed by atoms with van der Waals surface area (Å²) in [5, 5.41) is 31.5. The molecule has 0 aromatic heterocycles. The van der Waals surface area contributed by atoms with Crippen LogP contribution >= 0.6 is 11.6 Å². The summed E-state index contributed by atoms with van der Waals surface area (Å²) in [6.07, 6.45) is 0.610. The lowest BCUT2D eigenvalue weighted by molar-refractivity contribution is 0.0943. The highest BCUT2D eigenvalue weighted by molar-refractivity contribution is 6.31. The molecule has 11 heteroatoms. The molecular weight excluding hydrogens is 602 g/mol. The highest BCUT2D eigenvalue weighted by Crippen LogP contribution is 2.24. The third-order valence-corrected chi connectivity index (χ3v) is 7.14. The highest BCUT2D eigenvalue weighted by atomic mass is 35.5. The molecule has 0 unspecified atom stereocenters. The summed E-state index contributed by atoms with van der Waals surface area (Å²) in [5.41, 5.74) is 5.86. The molecule has 0 aliphatic carbocycles. The standard InChI is InChI=1S/C35H30ClN7O3/c1-24-22-28(43(20-6-18-37)21-7-19-38)13-17-30(24)34(40-39-27-11-14-29(46-2)15-12-27)41-42-35(45)32-23-26(36)10-16-31(32)33(44)25-8-4-3-5-9-25/h3-5,8-17,22-23H,6-7,20-21H2,1-2H3,(H,42,45)/b40-39?,41-34-. The number of hydrogen-bond donors (Lipinski definition) is 1. The van der Waals surface area contributed by atoms with Crippen LogP contribution in [0.5, 0.6) is 5.75 Å². The van der Waals surface area contributed by atoms with Gasteiger partial charge in [-0.1, -0.05) is 41.9 Å². The van der Waals surface area contributed by atoms with E-state index in [9.17, 15) is 9.59 Å². The zero-order chi connectivity index (χ0) is 32.9. The number of aryl methyl sites for hydroxylation is 1. The number of benzene rings is 4. The Morgan fingerprint density at radius 2 is 1.54 bits per heavy atom. The van der Waals surface area contributed by atoms with E-state index in [-0.39, 0.29) is 27.8 Å². The normalized spacial score (nSPS) is 11.0. The van der Waals surface area contributed by atoms with E-state index in [1.807, 2.05) is 24.0 Å². The van der Waals surface area contributed by atoms with Crippen molar-refractivity contribution in [1.82, 2.24) is 5.43 Å². The van der Waals surface area contributed by atoms with Gasteiger partial charge in [-0.15, -0.1) is 15.3 Å². The lowest BCUT2D eigenvalue weighted by Gasteiger charge is -2.23. The van der Waals surface area contributed by atoms with Crippen molar-refractivity contribution in [1.29, 1.82) is 10.5 Å². The largest absolute Gasteiger partial charge is 0.497 e. The highest BCUT2D eigenvalue weighted by Gasteiger charge is 2.20. The SMILES string of the molecule is COc1ccc(N=N/C(=N\NC(=O)c2cc(Cl)ccc2C(=O)c2ccccc2)c2ccc(N(CCC#N)CCC#N)cc2C)cc1. The average molecular weight is 632 g/mol. The van der Waals surface area contributed by atoms with Crippen LogP contribution in [0.1, 0.15) is 50.2 Å². The van der Waals surface area contributed by atoms with Crippen molar-refractivity contribution < 1.29 is 14.3 Å². The maximum Gasteiger partial charge on any atom is 0.272 e. The number of ether oxygens (including phenoxy) is 1. The summed E-state index contributed by atoms with van der Waals surface area (Å²) in [4.78, 5) is 28.7. The molecular formula is C35H30ClN7O3. The number of halogens is 1. The summed E-state index contributed by atoms with van der Waals surface area (Å²) in [6, 6.07) is 29.9. The molecule has 4 rings (SSSR count). The van der Waals surface area contributed by atoms with Crippen molar-refractivity contribution >= 4 is 40.5 Å². The van der Waals surface area contributed by atoms with E-state index in [2.05, 4.69) is 32.9 Å². The Hall–Kier alpha value is -5.84. The number of carbonyl (C=O) groups is 2. The second-order valence-corrected chi connectivity index (χ2v) is 10.4. The second-order valence-electron chi connectivity index (χ2n) is 9.96. The number of amidine groups is 1. The lowest BCUT2D eigenvalue weighted by Crippen LogP contribution is -2.25. The van der Waals surface area contributed by atoms with Gasteiger partial charge in [0.25, 0.3) is 5.91 Å². The van der Waals surface area contributed by atoms with Gasteiger partial charge in [-0.05, 0) is 73.2 Å². The summed E-state index contributed by atoms with van der Waals surface area (Å²) >= 11 is 6.22. The Morgan fingerprint density at radius 1 is 0.870 bits per heavy atom. The van der Waals surface area contributed by atoms with E-state index in [1.54, 1.807) is 73.8 Å². The molecule has 10 nitrogen and oxygen atoms in total. The minimum atomic E-state index is -0.660. The van der Waals surface area contributed by atoms with Crippen LogP contribution in [0.2, 0.25) is 5.02 Å². The first-order valence-electron chi connectivity index (χ1n) is 14.3. The molecule has 0 radical (unpaired) electrons. The van der Waals surface area contributed by atoms with Crippen LogP contribution in [0, 0.1) is 29.6 Å². The fourth-order valence-electron chi connectivity index (χ4n) is 4.54. The number of nitriles is 2. The lowest BCUT2D eigenvalue weighted by atomic mass is 9.98. The summed E-state index contributed by atoms with van der Waals surface area (Å²) in [6.45, 7) is 2.79. The number of nitrogens with one attached hydrogen (secondary N) is 1. The van der Waals surface area contributed by atoms with Gasteiger partial charge in [0.05, 0.1) is 43.3 Å². The Morgan fingerprint density at radius 3 is 2.17 bits per heavy atom. The molecule has 1 N–H and O–H groups in total. The first-order valence-corrected chi connectivity index (χ1v) is 14.7. The van der Waals surface area contributed by atoms with Crippen LogP contribution in [0.25, 0.3) is 0 Å². The van der Waals surface area contributed by atoms with Crippen molar-refractivity contribution in [2.24, 2.45) is 15.3 Å². The van der Waals surface area contributed by atoms with E-state index in [0.717, 1.165) is 11.3 Å². The van der Waals surface area contributed by atoms with Crippen LogP contribution in [-0.2, 0) is 0 Å². The van der Waals surface area contributed by atoms with E-state index in [4.69, 9.17) is 26.9 Å². The summed E-state index contributed by atoms with van der Waals surface area (Å²) in [5.74, 6) is -0.236. The Bertz CT molecular complexity index is 1830. The molecule has 4 aromatic carbocycles. The number of anilines is 1. The molecule has 0 spiro atoms. The number of methoxy groups -OCH3 is 1. The maximum absolute atomic E-state index is 13.5. The van der Waals surface area contributed by atoms with Gasteiger partial charge in [0.15, 0.2) is 5.78 Å². The minimum absolute atomic E-state index is 0.0502. The number of carbonyl (C=O) groups excluding carboxylic acids is 2. The fourth-order valence-corrected chi connectivity index (χ4v) is 4.71. The number of rotatable bonds is 12. The zero-order valence-electron chi connectivity index (χ0n) is 25.3. The number of amides is 1. The van der Waals surface area contributed by atoms with E-state index >= 15 is 0 Å². The Labute approximate surface area is 272 Å². The van der Waals surface area contributed by atoms with Gasteiger partial charge in [0.1, 0.15) is 5.75 Å². The van der Waals surface area contributed by atoms with Crippen LogP contribution in [0.15, 0.2) is 106 Å². The van der Waals surface area contributed by atoms with Gasteiger partial charge in [-0.25, -0.2) is 5.43 Å². The van der Waals surface area contributed by atoms with Crippen LogP contribution < -0.4 is 15.1 Å². The van der Waals surface area contributed by atoms with Crippen LogP contribution in [0.3, 0.4) is 0 Å². The van der Waals surface area contributed by atoms with E-state index in [0.29, 0.717) is 48.5 Å². The third kappa shape index (κ3) is 8.63. The molecule has 46 heavy (non-hydrogen) atoms. The summed E-state index contributed by atoms with van der Waals surface area (Å²) in [7, 11) is 1.57. The smallest absolute Gasteiger partial charge is 0.272 e. The number of nitrogens with zero attached hydrogens (tertiary/aromatic N) is 6. The van der Waals surface area contributed by atoms with Crippen molar-refractivity contribution in [2.45, 2.75) is 19.8 Å². The molecule has 1 amide bonds. The molecule has 0 atom stereocenters. The van der Waals surface area contributed by atoms with Gasteiger partial charge in [-0.3, -0.25) is 9.59 Å². The van der Waals surface area contributed by atoms with Crippen LogP contribution in [-0.4, -0.2) is 37.7 Å². The number of azo groups is 1. The molecule has 4 aromatic rings. The Kier molecular flexibility index (Phi) is 11.7.